The molecule has 1 aliphatic heterocycles. The SMILES string of the molecule is CCOC(=O)C1C(C)=NC2=C(C(=O)CC(C)(C)C2)[C@H]1c1cccc([N+](=O)[O-])c1. The molecule has 0 aromatic heterocycles. The number of hydrogen-bond acceptors (Lipinski definition) is 6. The molecule has 1 unspecified atom stereocenters. The summed E-state index contributed by atoms with van der Waals surface area (Å²) in [7, 11) is 0. The van der Waals surface area contributed by atoms with Gasteiger partial charge in [0, 0.05) is 41.5 Å². The van der Waals surface area contributed by atoms with Crippen molar-refractivity contribution < 1.29 is 19.2 Å². The van der Waals surface area contributed by atoms with Crippen LogP contribution in [0.15, 0.2) is 40.5 Å². The van der Waals surface area contributed by atoms with Gasteiger partial charge in [-0.25, -0.2) is 0 Å². The van der Waals surface area contributed by atoms with E-state index in [1.807, 2.05) is 13.8 Å². The highest BCUT2D eigenvalue weighted by Gasteiger charge is 2.46. The van der Waals surface area contributed by atoms with Crippen LogP contribution in [-0.2, 0) is 14.3 Å². The van der Waals surface area contributed by atoms with Crippen LogP contribution in [0.1, 0.15) is 52.0 Å². The van der Waals surface area contributed by atoms with Gasteiger partial charge in [0.05, 0.1) is 11.5 Å². The van der Waals surface area contributed by atoms with E-state index in [1.165, 1.54) is 12.1 Å². The molecule has 0 saturated carbocycles. The minimum absolute atomic E-state index is 0.0618. The number of carbonyl (C=O) groups is 2. The first kappa shape index (κ1) is 19.9. The Morgan fingerprint density at radius 3 is 2.71 bits per heavy atom. The molecule has 0 amide bonds. The molecule has 2 aliphatic rings. The lowest BCUT2D eigenvalue weighted by atomic mass is 9.67. The van der Waals surface area contributed by atoms with Crippen molar-refractivity contribution in [3.05, 3.63) is 51.2 Å². The van der Waals surface area contributed by atoms with E-state index < -0.39 is 22.7 Å². The summed E-state index contributed by atoms with van der Waals surface area (Å²) in [4.78, 5) is 41.2. The van der Waals surface area contributed by atoms with E-state index in [1.54, 1.807) is 26.0 Å². The van der Waals surface area contributed by atoms with E-state index in [9.17, 15) is 19.7 Å². The first-order valence-electron chi connectivity index (χ1n) is 9.37. The number of Topliss-reactive ketones (excluding diaryl/α,β-unsaturated/α-hetero) is 1. The van der Waals surface area contributed by atoms with Crippen LogP contribution >= 0.6 is 0 Å². The zero-order valence-electron chi connectivity index (χ0n) is 16.5. The predicted octanol–water partition coefficient (Wildman–Crippen LogP) is 3.98. The number of carbonyl (C=O) groups excluding carboxylic acids is 2. The second-order valence-electron chi connectivity index (χ2n) is 8.11. The molecule has 148 valence electrons. The first-order chi connectivity index (χ1) is 13.1. The van der Waals surface area contributed by atoms with Crippen molar-refractivity contribution in [3.8, 4) is 0 Å². The average molecular weight is 384 g/mol. The summed E-state index contributed by atoms with van der Waals surface area (Å²) in [6.45, 7) is 7.70. The van der Waals surface area contributed by atoms with Crippen molar-refractivity contribution in [2.24, 2.45) is 16.3 Å². The molecule has 0 N–H and O–H groups in total. The minimum Gasteiger partial charge on any atom is -0.465 e. The topological polar surface area (TPSA) is 98.9 Å². The minimum atomic E-state index is -0.772. The van der Waals surface area contributed by atoms with Crippen molar-refractivity contribution in [3.63, 3.8) is 0 Å². The van der Waals surface area contributed by atoms with Gasteiger partial charge in [0.1, 0.15) is 5.92 Å². The van der Waals surface area contributed by atoms with Gasteiger partial charge >= 0.3 is 5.97 Å². The van der Waals surface area contributed by atoms with E-state index >= 15 is 0 Å². The van der Waals surface area contributed by atoms with Crippen molar-refractivity contribution in [1.29, 1.82) is 0 Å². The molecule has 3 rings (SSSR count). The normalized spacial score (nSPS) is 23.7. The Kier molecular flexibility index (Phi) is 5.19. The number of aliphatic imine (C=N–C) groups is 1. The molecule has 1 aliphatic carbocycles. The molecular weight excluding hydrogens is 360 g/mol. The van der Waals surface area contributed by atoms with Crippen molar-refractivity contribution >= 4 is 23.2 Å². The number of esters is 1. The Morgan fingerprint density at radius 2 is 2.07 bits per heavy atom. The average Bonchev–Trinajstić information content (AvgIpc) is 2.59. The van der Waals surface area contributed by atoms with Crippen molar-refractivity contribution in [2.75, 3.05) is 6.61 Å². The summed E-state index contributed by atoms with van der Waals surface area (Å²) in [6, 6.07) is 6.13. The maximum Gasteiger partial charge on any atom is 0.315 e. The molecule has 0 spiro atoms. The van der Waals surface area contributed by atoms with Crippen LogP contribution in [-0.4, -0.2) is 29.0 Å². The van der Waals surface area contributed by atoms with E-state index in [2.05, 4.69) is 4.99 Å². The van der Waals surface area contributed by atoms with Crippen LogP contribution in [0, 0.1) is 21.4 Å². The van der Waals surface area contributed by atoms with Gasteiger partial charge in [-0.3, -0.25) is 24.7 Å². The smallest absolute Gasteiger partial charge is 0.315 e. The fourth-order valence-electron chi connectivity index (χ4n) is 4.17. The Bertz CT molecular complexity index is 913. The van der Waals surface area contributed by atoms with Crippen LogP contribution in [0.4, 0.5) is 5.69 Å². The molecule has 28 heavy (non-hydrogen) atoms. The molecule has 0 saturated heterocycles. The summed E-state index contributed by atoms with van der Waals surface area (Å²) < 4.78 is 5.25. The molecule has 0 radical (unpaired) electrons. The Labute approximate surface area is 163 Å². The summed E-state index contributed by atoms with van der Waals surface area (Å²) in [5.74, 6) is -1.93. The van der Waals surface area contributed by atoms with Crippen LogP contribution in [0.3, 0.4) is 0 Å². The number of nitro benzene ring substituents is 1. The number of non-ortho nitro benzene ring substituents is 1. The van der Waals surface area contributed by atoms with Gasteiger partial charge in [0.2, 0.25) is 0 Å². The van der Waals surface area contributed by atoms with Gasteiger partial charge in [-0.05, 0) is 31.2 Å². The maximum atomic E-state index is 13.1. The summed E-state index contributed by atoms with van der Waals surface area (Å²) in [5, 5.41) is 11.3. The molecule has 2 atom stereocenters. The third-order valence-electron chi connectivity index (χ3n) is 5.28. The largest absolute Gasteiger partial charge is 0.465 e. The lowest BCUT2D eigenvalue weighted by Crippen LogP contribution is -2.39. The second-order valence-corrected chi connectivity index (χ2v) is 8.11. The molecule has 1 heterocycles. The maximum absolute atomic E-state index is 13.1. The number of ether oxygens (including phenoxy) is 1. The molecule has 1 aromatic carbocycles. The zero-order chi connectivity index (χ0) is 20.6. The lowest BCUT2D eigenvalue weighted by molar-refractivity contribution is -0.384. The number of nitro groups is 1. The number of rotatable bonds is 4. The standard InChI is InChI=1S/C21H24N2O5/c1-5-28-20(25)17-12(2)22-15-10-21(3,4)11-16(24)19(15)18(17)13-7-6-8-14(9-13)23(26)27/h6-9,17-18H,5,10-11H2,1-4H3/t17?,18-/m0/s1. The highest BCUT2D eigenvalue weighted by atomic mass is 16.6. The molecule has 0 bridgehead atoms. The molecule has 0 fully saturated rings. The van der Waals surface area contributed by atoms with Gasteiger partial charge in [-0.2, -0.15) is 0 Å². The van der Waals surface area contributed by atoms with Gasteiger partial charge < -0.3 is 4.74 Å². The summed E-state index contributed by atoms with van der Waals surface area (Å²) >= 11 is 0. The Morgan fingerprint density at radius 1 is 1.36 bits per heavy atom. The summed E-state index contributed by atoms with van der Waals surface area (Å²) in [5.41, 5.74) is 2.00. The van der Waals surface area contributed by atoms with E-state index in [-0.39, 0.29) is 23.5 Å². The van der Waals surface area contributed by atoms with Gasteiger partial charge in [-0.1, -0.05) is 26.0 Å². The fraction of sp³-hybridized carbons (Fsp3) is 0.476. The predicted molar refractivity (Wildman–Crippen MR) is 104 cm³/mol. The van der Waals surface area contributed by atoms with Gasteiger partial charge in [0.15, 0.2) is 5.78 Å². The molecule has 7 nitrogen and oxygen atoms in total. The molecule has 7 heteroatoms. The van der Waals surface area contributed by atoms with Gasteiger partial charge in [0.25, 0.3) is 5.69 Å². The Balaban J connectivity index is 2.20. The van der Waals surface area contributed by atoms with Crippen molar-refractivity contribution in [2.45, 2.75) is 46.5 Å². The first-order valence-corrected chi connectivity index (χ1v) is 9.37. The number of ketones is 1. The molecular formula is C21H24N2O5. The number of benzene rings is 1. The highest BCUT2D eigenvalue weighted by Crippen LogP contribution is 2.48. The van der Waals surface area contributed by atoms with Crippen LogP contribution in [0.2, 0.25) is 0 Å². The number of nitrogens with zero attached hydrogens (tertiary/aromatic N) is 2. The number of allylic oxidation sites excluding steroid dienone is 2. The van der Waals surface area contributed by atoms with Crippen molar-refractivity contribution in [1.82, 2.24) is 0 Å². The van der Waals surface area contributed by atoms with Crippen LogP contribution in [0.25, 0.3) is 0 Å². The van der Waals surface area contributed by atoms with Gasteiger partial charge in [-0.15, -0.1) is 0 Å². The molecule has 1 aromatic rings. The number of hydrogen-bond donors (Lipinski definition) is 0. The fourth-order valence-corrected chi connectivity index (χ4v) is 4.17. The zero-order valence-corrected chi connectivity index (χ0v) is 16.5. The van der Waals surface area contributed by atoms with Crippen LogP contribution < -0.4 is 0 Å². The second kappa shape index (κ2) is 7.30. The Hall–Kier alpha value is -2.83. The third kappa shape index (κ3) is 3.61. The van der Waals surface area contributed by atoms with Crippen LogP contribution in [0.5, 0.6) is 0 Å². The quantitative estimate of drug-likeness (QED) is 0.444. The van der Waals surface area contributed by atoms with E-state index in [0.29, 0.717) is 35.4 Å². The third-order valence-corrected chi connectivity index (χ3v) is 5.28. The highest BCUT2D eigenvalue weighted by molar-refractivity contribution is 6.09. The summed E-state index contributed by atoms with van der Waals surface area (Å²) in [6.07, 6.45) is 0.966. The lowest BCUT2D eigenvalue weighted by Gasteiger charge is -2.38. The monoisotopic (exact) mass is 384 g/mol. The van der Waals surface area contributed by atoms with E-state index in [4.69, 9.17) is 4.74 Å². The van der Waals surface area contributed by atoms with E-state index in [0.717, 1.165) is 0 Å².